The molecule has 1 amide bonds. The van der Waals surface area contributed by atoms with Gasteiger partial charge in [0.25, 0.3) is 5.91 Å². The molecular formula is C19H21F3N4O2. The number of morpholine rings is 1. The lowest BCUT2D eigenvalue weighted by Crippen LogP contribution is -2.41. The minimum absolute atomic E-state index is 0.265. The maximum Gasteiger partial charge on any atom is 0.416 e. The van der Waals surface area contributed by atoms with Crippen LogP contribution in [0.25, 0.3) is 0 Å². The second-order valence-corrected chi connectivity index (χ2v) is 6.38. The maximum atomic E-state index is 12.8. The number of hydrogen-bond donors (Lipinski definition) is 2. The first-order valence-corrected chi connectivity index (χ1v) is 8.89. The van der Waals surface area contributed by atoms with Gasteiger partial charge in [-0.15, -0.1) is 0 Å². The van der Waals surface area contributed by atoms with Crippen molar-refractivity contribution in [3.63, 3.8) is 0 Å². The Bertz CT molecular complexity index is 808. The predicted octanol–water partition coefficient (Wildman–Crippen LogP) is 2.91. The van der Waals surface area contributed by atoms with Crippen LogP contribution in [0.4, 0.5) is 24.5 Å². The van der Waals surface area contributed by atoms with E-state index in [2.05, 4.69) is 20.5 Å². The molecule has 2 aromatic rings. The van der Waals surface area contributed by atoms with E-state index in [1.807, 2.05) is 0 Å². The molecular weight excluding hydrogens is 373 g/mol. The van der Waals surface area contributed by atoms with Crippen LogP contribution >= 0.6 is 0 Å². The van der Waals surface area contributed by atoms with E-state index in [-0.39, 0.29) is 11.6 Å². The number of pyridine rings is 1. The highest BCUT2D eigenvalue weighted by molar-refractivity contribution is 5.94. The number of hydrogen-bond acceptors (Lipinski definition) is 5. The summed E-state index contributed by atoms with van der Waals surface area (Å²) >= 11 is 0. The van der Waals surface area contributed by atoms with Gasteiger partial charge >= 0.3 is 6.18 Å². The largest absolute Gasteiger partial charge is 0.416 e. The third-order valence-electron chi connectivity index (χ3n) is 4.30. The van der Waals surface area contributed by atoms with Crippen molar-refractivity contribution in [3.8, 4) is 0 Å². The smallest absolute Gasteiger partial charge is 0.379 e. The number of amides is 1. The van der Waals surface area contributed by atoms with Gasteiger partial charge in [0.2, 0.25) is 0 Å². The van der Waals surface area contributed by atoms with Crippen molar-refractivity contribution in [1.29, 1.82) is 0 Å². The van der Waals surface area contributed by atoms with Crippen molar-refractivity contribution in [2.75, 3.05) is 44.7 Å². The van der Waals surface area contributed by atoms with Crippen molar-refractivity contribution in [2.24, 2.45) is 0 Å². The van der Waals surface area contributed by atoms with Crippen molar-refractivity contribution < 1.29 is 22.7 Å². The van der Waals surface area contributed by atoms with Gasteiger partial charge in [0.1, 0.15) is 0 Å². The number of anilines is 2. The molecule has 0 radical (unpaired) electrons. The Kier molecular flexibility index (Phi) is 6.48. The molecule has 0 saturated carbocycles. The van der Waals surface area contributed by atoms with Gasteiger partial charge in [-0.1, -0.05) is 6.07 Å². The lowest BCUT2D eigenvalue weighted by molar-refractivity contribution is -0.137. The number of carbonyl (C=O) groups excluding carboxylic acids is 1. The molecule has 1 fully saturated rings. The van der Waals surface area contributed by atoms with E-state index >= 15 is 0 Å². The third kappa shape index (κ3) is 5.67. The van der Waals surface area contributed by atoms with Crippen LogP contribution in [-0.2, 0) is 10.9 Å². The average molecular weight is 394 g/mol. The molecule has 1 aromatic carbocycles. The van der Waals surface area contributed by atoms with Crippen LogP contribution in [0.1, 0.15) is 15.9 Å². The summed E-state index contributed by atoms with van der Waals surface area (Å²) in [4.78, 5) is 18.5. The molecule has 0 atom stereocenters. The van der Waals surface area contributed by atoms with Crippen LogP contribution in [0.2, 0.25) is 0 Å². The van der Waals surface area contributed by atoms with Gasteiger partial charge in [0.15, 0.2) is 0 Å². The molecule has 0 spiro atoms. The fraction of sp³-hybridized carbons (Fsp3) is 0.368. The number of nitrogens with one attached hydrogen (secondary N) is 2. The van der Waals surface area contributed by atoms with E-state index in [9.17, 15) is 18.0 Å². The molecule has 150 valence electrons. The molecule has 0 unspecified atom stereocenters. The monoisotopic (exact) mass is 394 g/mol. The zero-order valence-corrected chi connectivity index (χ0v) is 15.1. The Morgan fingerprint density at radius 1 is 1.14 bits per heavy atom. The zero-order chi connectivity index (χ0) is 20.0. The van der Waals surface area contributed by atoms with Crippen molar-refractivity contribution in [2.45, 2.75) is 6.18 Å². The molecule has 3 rings (SSSR count). The number of benzene rings is 1. The van der Waals surface area contributed by atoms with Gasteiger partial charge in [-0.25, -0.2) is 0 Å². The van der Waals surface area contributed by atoms with E-state index in [1.165, 1.54) is 24.5 Å². The normalized spacial score (nSPS) is 15.2. The van der Waals surface area contributed by atoms with Gasteiger partial charge in [-0.05, 0) is 24.3 Å². The van der Waals surface area contributed by atoms with Crippen molar-refractivity contribution >= 4 is 17.3 Å². The van der Waals surface area contributed by atoms with E-state index < -0.39 is 11.7 Å². The number of aromatic nitrogens is 1. The van der Waals surface area contributed by atoms with Crippen LogP contribution < -0.4 is 10.6 Å². The molecule has 1 saturated heterocycles. The Balaban J connectivity index is 1.58. The van der Waals surface area contributed by atoms with Crippen molar-refractivity contribution in [1.82, 2.24) is 15.2 Å². The highest BCUT2D eigenvalue weighted by atomic mass is 19.4. The zero-order valence-electron chi connectivity index (χ0n) is 15.1. The second kappa shape index (κ2) is 9.03. The molecule has 2 heterocycles. The Labute approximate surface area is 160 Å². The molecule has 9 heteroatoms. The summed E-state index contributed by atoms with van der Waals surface area (Å²) in [5, 5.41) is 5.68. The van der Waals surface area contributed by atoms with E-state index in [1.54, 1.807) is 6.07 Å². The topological polar surface area (TPSA) is 66.5 Å². The van der Waals surface area contributed by atoms with Gasteiger partial charge in [0, 0.05) is 38.1 Å². The summed E-state index contributed by atoms with van der Waals surface area (Å²) < 4.78 is 43.8. The predicted molar refractivity (Wildman–Crippen MR) is 98.6 cm³/mol. The molecule has 28 heavy (non-hydrogen) atoms. The maximum absolute atomic E-state index is 12.8. The van der Waals surface area contributed by atoms with Crippen LogP contribution in [0.3, 0.4) is 0 Å². The average Bonchev–Trinajstić information content (AvgIpc) is 2.68. The molecule has 2 N–H and O–H groups in total. The molecule has 0 aliphatic carbocycles. The number of nitrogens with zero attached hydrogens (tertiary/aromatic N) is 2. The minimum atomic E-state index is -4.42. The highest BCUT2D eigenvalue weighted by Gasteiger charge is 2.30. The van der Waals surface area contributed by atoms with Crippen LogP contribution in [-0.4, -0.2) is 55.2 Å². The van der Waals surface area contributed by atoms with Crippen LogP contribution in [0.15, 0.2) is 42.7 Å². The van der Waals surface area contributed by atoms with Gasteiger partial charge in [0.05, 0.1) is 36.2 Å². The molecule has 0 bridgehead atoms. The fourth-order valence-corrected chi connectivity index (χ4v) is 2.83. The first-order chi connectivity index (χ1) is 13.4. The summed E-state index contributed by atoms with van der Waals surface area (Å²) in [6.45, 7) is 4.29. The fourth-order valence-electron chi connectivity index (χ4n) is 2.83. The van der Waals surface area contributed by atoms with Gasteiger partial charge in [-0.3, -0.25) is 14.7 Å². The Hall–Kier alpha value is -2.65. The standard InChI is InChI=1S/C19H21F3N4O2/c20-19(21,22)15-2-1-3-16(11-15)25-17-10-14(12-23-13-17)18(27)24-4-5-26-6-8-28-9-7-26/h1-3,10-13,25H,4-9H2,(H,24,27). The minimum Gasteiger partial charge on any atom is -0.379 e. The van der Waals surface area contributed by atoms with Crippen LogP contribution in [0.5, 0.6) is 0 Å². The summed E-state index contributed by atoms with van der Waals surface area (Å²) in [6, 6.07) is 6.40. The van der Waals surface area contributed by atoms with Gasteiger partial charge < -0.3 is 15.4 Å². The molecule has 1 aliphatic rings. The second-order valence-electron chi connectivity index (χ2n) is 6.38. The summed E-state index contributed by atoms with van der Waals surface area (Å²) in [5.74, 6) is -0.284. The quantitative estimate of drug-likeness (QED) is 0.789. The Morgan fingerprint density at radius 2 is 1.93 bits per heavy atom. The lowest BCUT2D eigenvalue weighted by atomic mass is 10.2. The van der Waals surface area contributed by atoms with E-state index in [0.717, 1.165) is 31.8 Å². The lowest BCUT2D eigenvalue weighted by Gasteiger charge is -2.26. The first kappa shape index (κ1) is 20.1. The highest BCUT2D eigenvalue weighted by Crippen LogP contribution is 2.31. The number of alkyl halides is 3. The number of carbonyl (C=O) groups is 1. The molecule has 1 aromatic heterocycles. The molecule has 1 aliphatic heterocycles. The van der Waals surface area contributed by atoms with E-state index in [4.69, 9.17) is 4.74 Å². The van der Waals surface area contributed by atoms with Crippen molar-refractivity contribution in [3.05, 3.63) is 53.9 Å². The number of halogens is 3. The first-order valence-electron chi connectivity index (χ1n) is 8.89. The van der Waals surface area contributed by atoms with E-state index in [0.29, 0.717) is 31.0 Å². The third-order valence-corrected chi connectivity index (χ3v) is 4.30. The van der Waals surface area contributed by atoms with Gasteiger partial charge in [-0.2, -0.15) is 13.2 Å². The van der Waals surface area contributed by atoms with Crippen LogP contribution in [0, 0.1) is 0 Å². The molecule has 6 nitrogen and oxygen atoms in total. The summed E-state index contributed by atoms with van der Waals surface area (Å²) in [5.41, 5.74) is 0.281. The number of ether oxygens (including phenoxy) is 1. The summed E-state index contributed by atoms with van der Waals surface area (Å²) in [6.07, 6.45) is -1.55. The number of rotatable bonds is 6. The Morgan fingerprint density at radius 3 is 2.68 bits per heavy atom. The summed E-state index contributed by atoms with van der Waals surface area (Å²) in [7, 11) is 0. The SMILES string of the molecule is O=C(NCCN1CCOCC1)c1cncc(Nc2cccc(C(F)(F)F)c2)c1.